The maximum Gasteiger partial charge on any atom is 0.0891 e. The Labute approximate surface area is 75.3 Å². The molecule has 0 bridgehead atoms. The normalized spacial score (nSPS) is 12.0. The average Bonchev–Trinajstić information content (AvgIpc) is 2.06. The van der Waals surface area contributed by atoms with Crippen molar-refractivity contribution in [3.63, 3.8) is 0 Å². The molecule has 0 saturated carbocycles. The predicted octanol–water partition coefficient (Wildman–Crippen LogP) is 1.74. The predicted molar refractivity (Wildman–Crippen MR) is 51.3 cm³/mol. The molecule has 0 amide bonds. The molecule has 1 atom stereocenters. The number of hydrogen-bond acceptors (Lipinski definition) is 1. The van der Waals surface area contributed by atoms with E-state index in [9.17, 15) is 4.21 Å². The van der Waals surface area contributed by atoms with Gasteiger partial charge in [-0.25, -0.2) is 0 Å². The Balaban J connectivity index is 2.84. The molecule has 1 rings (SSSR count). The van der Waals surface area contributed by atoms with Gasteiger partial charge in [0.2, 0.25) is 0 Å². The van der Waals surface area contributed by atoms with Crippen molar-refractivity contribution in [2.45, 2.75) is 11.8 Å². The van der Waals surface area contributed by atoms with Crippen LogP contribution in [0.3, 0.4) is 0 Å². The molecule has 1 aromatic rings. The van der Waals surface area contributed by atoms with Gasteiger partial charge in [-0.2, -0.15) is 0 Å². The van der Waals surface area contributed by atoms with Crippen molar-refractivity contribution in [3.05, 3.63) is 29.8 Å². The van der Waals surface area contributed by atoms with E-state index in [0.717, 1.165) is 10.5 Å². The molecule has 0 heterocycles. The lowest BCUT2D eigenvalue weighted by molar-refractivity contribution is 0.685. The Morgan fingerprint density at radius 2 is 2.00 bits per heavy atom. The molecule has 0 radical (unpaired) electrons. The van der Waals surface area contributed by atoms with Gasteiger partial charge in [-0.15, -0.1) is 6.42 Å². The third kappa shape index (κ3) is 2.21. The van der Waals surface area contributed by atoms with E-state index >= 15 is 0 Å². The molecule has 1 aromatic carbocycles. The van der Waals surface area contributed by atoms with E-state index in [-0.39, 0.29) is 0 Å². The molecule has 0 fully saturated rings. The number of rotatable bonds is 2. The van der Waals surface area contributed by atoms with Gasteiger partial charge in [0.15, 0.2) is 0 Å². The van der Waals surface area contributed by atoms with Crippen LogP contribution in [0.15, 0.2) is 29.2 Å². The van der Waals surface area contributed by atoms with Crippen LogP contribution in [0.5, 0.6) is 0 Å². The Kier molecular flexibility index (Phi) is 3.07. The monoisotopic (exact) mass is 178 g/mol. The van der Waals surface area contributed by atoms with Crippen LogP contribution in [0, 0.1) is 19.3 Å². The van der Waals surface area contributed by atoms with E-state index in [4.69, 9.17) is 6.42 Å². The summed E-state index contributed by atoms with van der Waals surface area (Å²) in [6.45, 7) is 1.99. The highest BCUT2D eigenvalue weighted by Gasteiger charge is 1.99. The smallest absolute Gasteiger partial charge is 0.0891 e. The summed E-state index contributed by atoms with van der Waals surface area (Å²) in [5.74, 6) is 2.68. The lowest BCUT2D eigenvalue weighted by atomic mass is 10.2. The summed E-state index contributed by atoms with van der Waals surface area (Å²) < 4.78 is 11.3. The number of aryl methyl sites for hydroxylation is 1. The minimum Gasteiger partial charge on any atom is -0.253 e. The lowest BCUT2D eigenvalue weighted by Gasteiger charge is -1.97. The fourth-order valence-corrected chi connectivity index (χ4v) is 1.61. The van der Waals surface area contributed by atoms with E-state index in [0.29, 0.717) is 5.75 Å². The van der Waals surface area contributed by atoms with Crippen LogP contribution in [0.25, 0.3) is 0 Å². The molecule has 1 nitrogen and oxygen atoms in total. The molecule has 0 unspecified atom stereocenters. The van der Waals surface area contributed by atoms with Crippen molar-refractivity contribution < 1.29 is 4.21 Å². The summed E-state index contributed by atoms with van der Waals surface area (Å²) in [7, 11) is -1.03. The van der Waals surface area contributed by atoms with E-state index in [1.54, 1.807) is 0 Å². The topological polar surface area (TPSA) is 17.1 Å². The second kappa shape index (κ2) is 4.08. The first-order valence-electron chi connectivity index (χ1n) is 3.62. The third-order valence-electron chi connectivity index (χ3n) is 1.50. The summed E-state index contributed by atoms with van der Waals surface area (Å²) in [4.78, 5) is 0.804. The first kappa shape index (κ1) is 9.02. The number of terminal acetylenes is 1. The molecular formula is C10H10OS. The van der Waals surface area contributed by atoms with Gasteiger partial charge in [0.05, 0.1) is 16.6 Å². The van der Waals surface area contributed by atoms with Crippen LogP contribution in [-0.2, 0) is 10.8 Å². The van der Waals surface area contributed by atoms with Crippen LogP contribution >= 0.6 is 0 Å². The van der Waals surface area contributed by atoms with Crippen LogP contribution in [0.2, 0.25) is 0 Å². The fourth-order valence-electron chi connectivity index (χ4n) is 0.849. The first-order valence-corrected chi connectivity index (χ1v) is 4.94. The molecule has 0 aromatic heterocycles. The van der Waals surface area contributed by atoms with Gasteiger partial charge in [-0.3, -0.25) is 4.21 Å². The standard InChI is InChI=1S/C10H10OS/c1-3-8-12(11)10-6-4-9(2)5-7-10/h1,4-7H,8H2,2H3/t12-/m0/s1. The van der Waals surface area contributed by atoms with Crippen molar-refractivity contribution in [1.29, 1.82) is 0 Å². The molecule has 0 aliphatic heterocycles. The molecule has 12 heavy (non-hydrogen) atoms. The van der Waals surface area contributed by atoms with Crippen molar-refractivity contribution >= 4 is 10.8 Å². The minimum absolute atomic E-state index is 0.295. The summed E-state index contributed by atoms with van der Waals surface area (Å²) in [5, 5.41) is 0. The zero-order valence-electron chi connectivity index (χ0n) is 6.91. The Hall–Kier alpha value is -1.07. The van der Waals surface area contributed by atoms with Gasteiger partial charge in [-0.1, -0.05) is 23.6 Å². The maximum atomic E-state index is 11.3. The highest BCUT2D eigenvalue weighted by molar-refractivity contribution is 7.85. The number of benzene rings is 1. The summed E-state index contributed by atoms with van der Waals surface area (Å²) in [6, 6.07) is 7.57. The number of hydrogen-bond donors (Lipinski definition) is 0. The molecule has 0 N–H and O–H groups in total. The quantitative estimate of drug-likeness (QED) is 0.630. The van der Waals surface area contributed by atoms with Crippen molar-refractivity contribution in [1.82, 2.24) is 0 Å². The van der Waals surface area contributed by atoms with Crippen LogP contribution < -0.4 is 0 Å². The summed E-state index contributed by atoms with van der Waals surface area (Å²) in [6.07, 6.45) is 5.05. The first-order chi connectivity index (χ1) is 5.74. The van der Waals surface area contributed by atoms with Gasteiger partial charge in [0.25, 0.3) is 0 Å². The Morgan fingerprint density at radius 1 is 1.42 bits per heavy atom. The van der Waals surface area contributed by atoms with Crippen LogP contribution in [0.4, 0.5) is 0 Å². The van der Waals surface area contributed by atoms with Crippen LogP contribution in [0.1, 0.15) is 5.56 Å². The average molecular weight is 178 g/mol. The van der Waals surface area contributed by atoms with Crippen LogP contribution in [-0.4, -0.2) is 9.96 Å². The van der Waals surface area contributed by atoms with E-state index in [1.165, 1.54) is 0 Å². The zero-order valence-corrected chi connectivity index (χ0v) is 7.73. The summed E-state index contributed by atoms with van der Waals surface area (Å²) >= 11 is 0. The van der Waals surface area contributed by atoms with Crippen molar-refractivity contribution in [3.8, 4) is 12.3 Å². The van der Waals surface area contributed by atoms with Gasteiger partial charge in [0, 0.05) is 4.90 Å². The second-order valence-corrected chi connectivity index (χ2v) is 3.96. The molecule has 0 saturated heterocycles. The van der Waals surface area contributed by atoms with E-state index in [1.807, 2.05) is 31.2 Å². The van der Waals surface area contributed by atoms with E-state index < -0.39 is 10.8 Å². The minimum atomic E-state index is -1.03. The lowest BCUT2D eigenvalue weighted by Crippen LogP contribution is -1.94. The highest BCUT2D eigenvalue weighted by atomic mass is 32.2. The van der Waals surface area contributed by atoms with Gasteiger partial charge < -0.3 is 0 Å². The molecule has 0 aliphatic rings. The highest BCUT2D eigenvalue weighted by Crippen LogP contribution is 2.07. The molecule has 2 heteroatoms. The van der Waals surface area contributed by atoms with Gasteiger partial charge in [0.1, 0.15) is 0 Å². The zero-order chi connectivity index (χ0) is 8.97. The van der Waals surface area contributed by atoms with Gasteiger partial charge in [-0.05, 0) is 19.1 Å². The fraction of sp³-hybridized carbons (Fsp3) is 0.200. The summed E-state index contributed by atoms with van der Waals surface area (Å²) in [5.41, 5.74) is 1.16. The molecule has 62 valence electrons. The second-order valence-electron chi connectivity index (χ2n) is 2.51. The van der Waals surface area contributed by atoms with Gasteiger partial charge >= 0.3 is 0 Å². The van der Waals surface area contributed by atoms with E-state index in [2.05, 4.69) is 5.92 Å². The Morgan fingerprint density at radius 3 is 2.50 bits per heavy atom. The molecule has 0 aliphatic carbocycles. The van der Waals surface area contributed by atoms with Crippen molar-refractivity contribution in [2.24, 2.45) is 0 Å². The molecular weight excluding hydrogens is 168 g/mol. The van der Waals surface area contributed by atoms with Crippen molar-refractivity contribution in [2.75, 3.05) is 5.75 Å². The SMILES string of the molecule is C#CC[S@](=O)c1ccc(C)cc1. The maximum absolute atomic E-state index is 11.3. The Bertz CT molecular complexity index is 319. The molecule has 0 spiro atoms. The largest absolute Gasteiger partial charge is 0.253 e. The third-order valence-corrected chi connectivity index (χ3v) is 2.73.